The van der Waals surface area contributed by atoms with Crippen molar-refractivity contribution in [2.45, 2.75) is 18.4 Å². The average Bonchev–Trinajstić information content (AvgIpc) is 2.39. The maximum absolute atomic E-state index is 10.7. The van der Waals surface area contributed by atoms with Crippen molar-refractivity contribution in [2.75, 3.05) is 13.1 Å². The van der Waals surface area contributed by atoms with Crippen LogP contribution in [0.2, 0.25) is 0 Å². The van der Waals surface area contributed by atoms with Crippen LogP contribution in [0.1, 0.15) is 18.4 Å². The monoisotopic (exact) mass is 263 g/mol. The van der Waals surface area contributed by atoms with Gasteiger partial charge in [-0.2, -0.15) is 0 Å². The Morgan fingerprint density at radius 2 is 1.61 bits per heavy atom. The second kappa shape index (κ2) is 5.27. The van der Waals surface area contributed by atoms with E-state index in [1.54, 1.807) is 0 Å². The fraction of sp³-hybridized carbons (Fsp3) is 0.333. The molecule has 0 aromatic heterocycles. The number of piperidine rings is 1. The van der Waals surface area contributed by atoms with Crippen LogP contribution < -0.4 is 5.32 Å². The van der Waals surface area contributed by atoms with Crippen LogP contribution in [0.15, 0.2) is 42.5 Å². The fourth-order valence-electron chi connectivity index (χ4n) is 2.61. The summed E-state index contributed by atoms with van der Waals surface area (Å²) in [5.41, 5.74) is 0.410. The zero-order chi connectivity index (χ0) is 11.7. The highest BCUT2D eigenvalue weighted by molar-refractivity contribution is 5.85. The molecule has 0 amide bonds. The van der Waals surface area contributed by atoms with Gasteiger partial charge in [-0.25, -0.2) is 0 Å². The molecule has 3 heteroatoms. The maximum Gasteiger partial charge on any atom is 0.0920 e. The Labute approximate surface area is 113 Å². The molecule has 0 unspecified atom stereocenters. The third kappa shape index (κ3) is 2.37. The molecule has 0 bridgehead atoms. The summed E-state index contributed by atoms with van der Waals surface area (Å²) in [5, 5.41) is 16.4. The minimum Gasteiger partial charge on any atom is -0.385 e. The van der Waals surface area contributed by atoms with Gasteiger partial charge in [-0.05, 0) is 48.3 Å². The molecule has 96 valence electrons. The summed E-state index contributed by atoms with van der Waals surface area (Å²) in [7, 11) is 0. The van der Waals surface area contributed by atoms with Crippen LogP contribution in [0, 0.1) is 0 Å². The highest BCUT2D eigenvalue weighted by atomic mass is 35.5. The third-order valence-corrected chi connectivity index (χ3v) is 3.72. The largest absolute Gasteiger partial charge is 0.385 e. The van der Waals surface area contributed by atoms with Gasteiger partial charge in [0.2, 0.25) is 0 Å². The molecule has 1 heterocycles. The topological polar surface area (TPSA) is 32.3 Å². The van der Waals surface area contributed by atoms with Gasteiger partial charge in [0.05, 0.1) is 5.60 Å². The average molecular weight is 264 g/mol. The molecule has 2 nitrogen and oxygen atoms in total. The number of hydrogen-bond donors (Lipinski definition) is 2. The Bertz CT molecular complexity index is 535. The summed E-state index contributed by atoms with van der Waals surface area (Å²) in [6.07, 6.45) is 1.59. The van der Waals surface area contributed by atoms with Gasteiger partial charge in [0.15, 0.2) is 0 Å². The first-order chi connectivity index (χ1) is 8.28. The van der Waals surface area contributed by atoms with E-state index in [1.165, 1.54) is 10.8 Å². The molecule has 0 spiro atoms. The van der Waals surface area contributed by atoms with Crippen LogP contribution in [-0.2, 0) is 5.60 Å². The molecule has 1 saturated heterocycles. The van der Waals surface area contributed by atoms with Crippen molar-refractivity contribution in [3.05, 3.63) is 48.0 Å². The van der Waals surface area contributed by atoms with Gasteiger partial charge < -0.3 is 10.4 Å². The molecule has 2 aromatic carbocycles. The highest BCUT2D eigenvalue weighted by Gasteiger charge is 2.30. The summed E-state index contributed by atoms with van der Waals surface area (Å²) in [6, 6.07) is 14.6. The van der Waals surface area contributed by atoms with Crippen LogP contribution in [0.5, 0.6) is 0 Å². The smallest absolute Gasteiger partial charge is 0.0920 e. The van der Waals surface area contributed by atoms with Gasteiger partial charge >= 0.3 is 0 Å². The number of nitrogens with one attached hydrogen (secondary N) is 1. The molecule has 1 aliphatic heterocycles. The van der Waals surface area contributed by atoms with Crippen molar-refractivity contribution in [3.8, 4) is 0 Å². The normalized spacial score (nSPS) is 18.3. The predicted molar refractivity (Wildman–Crippen MR) is 77.2 cm³/mol. The van der Waals surface area contributed by atoms with E-state index in [1.807, 2.05) is 12.1 Å². The number of halogens is 1. The number of rotatable bonds is 1. The van der Waals surface area contributed by atoms with E-state index in [4.69, 9.17) is 0 Å². The summed E-state index contributed by atoms with van der Waals surface area (Å²) in [4.78, 5) is 0. The lowest BCUT2D eigenvalue weighted by Gasteiger charge is -2.33. The lowest BCUT2D eigenvalue weighted by molar-refractivity contribution is 0.00606. The Kier molecular flexibility index (Phi) is 3.91. The van der Waals surface area contributed by atoms with Crippen LogP contribution >= 0.6 is 12.4 Å². The summed E-state index contributed by atoms with van der Waals surface area (Å²) in [6.45, 7) is 1.78. The molecule has 2 N–H and O–H groups in total. The van der Waals surface area contributed by atoms with E-state index in [0.29, 0.717) is 0 Å². The Morgan fingerprint density at radius 1 is 0.944 bits per heavy atom. The van der Waals surface area contributed by atoms with Gasteiger partial charge in [-0.15, -0.1) is 12.4 Å². The lowest BCUT2D eigenvalue weighted by Crippen LogP contribution is -2.39. The van der Waals surface area contributed by atoms with Crippen molar-refractivity contribution >= 4 is 23.2 Å². The molecule has 2 aromatic rings. The van der Waals surface area contributed by atoms with Crippen LogP contribution in [-0.4, -0.2) is 18.2 Å². The van der Waals surface area contributed by atoms with Gasteiger partial charge in [0.1, 0.15) is 0 Å². The van der Waals surface area contributed by atoms with Crippen molar-refractivity contribution in [1.29, 1.82) is 0 Å². The van der Waals surface area contributed by atoms with Gasteiger partial charge in [-0.1, -0.05) is 36.4 Å². The number of hydrogen-bond acceptors (Lipinski definition) is 2. The predicted octanol–water partition coefficient (Wildman–Crippen LogP) is 2.83. The third-order valence-electron chi connectivity index (χ3n) is 3.72. The fourth-order valence-corrected chi connectivity index (χ4v) is 2.61. The molecular weight excluding hydrogens is 246 g/mol. The number of fused-ring (bicyclic) bond motifs is 1. The zero-order valence-corrected chi connectivity index (χ0v) is 11.0. The molecular formula is C15H18ClNO. The van der Waals surface area contributed by atoms with Crippen LogP contribution in [0.4, 0.5) is 0 Å². The maximum atomic E-state index is 10.7. The van der Waals surface area contributed by atoms with E-state index in [9.17, 15) is 5.11 Å². The van der Waals surface area contributed by atoms with Gasteiger partial charge in [-0.3, -0.25) is 0 Å². The van der Waals surface area contributed by atoms with Crippen molar-refractivity contribution in [3.63, 3.8) is 0 Å². The number of aliphatic hydroxyl groups is 1. The first-order valence-electron chi connectivity index (χ1n) is 6.20. The molecule has 1 aliphatic rings. The van der Waals surface area contributed by atoms with Crippen LogP contribution in [0.25, 0.3) is 10.8 Å². The second-order valence-corrected chi connectivity index (χ2v) is 4.84. The number of benzene rings is 2. The highest BCUT2D eigenvalue weighted by Crippen LogP contribution is 2.32. The molecule has 3 rings (SSSR count). The zero-order valence-electron chi connectivity index (χ0n) is 10.2. The van der Waals surface area contributed by atoms with Gasteiger partial charge in [0.25, 0.3) is 0 Å². The van der Waals surface area contributed by atoms with Crippen LogP contribution in [0.3, 0.4) is 0 Å². The standard InChI is InChI=1S/C15H17NO.ClH/c17-15(7-9-16-10-8-15)14-6-5-12-3-1-2-4-13(12)11-14;/h1-6,11,16-17H,7-10H2;1H. The molecule has 18 heavy (non-hydrogen) atoms. The first-order valence-corrected chi connectivity index (χ1v) is 6.20. The quantitative estimate of drug-likeness (QED) is 0.829. The van der Waals surface area contributed by atoms with E-state index in [-0.39, 0.29) is 12.4 Å². The Morgan fingerprint density at radius 3 is 2.33 bits per heavy atom. The van der Waals surface area contributed by atoms with E-state index in [0.717, 1.165) is 31.5 Å². The lowest BCUT2D eigenvalue weighted by atomic mass is 9.84. The van der Waals surface area contributed by atoms with Gasteiger partial charge in [0, 0.05) is 0 Å². The van der Waals surface area contributed by atoms with E-state index < -0.39 is 5.60 Å². The minimum absolute atomic E-state index is 0. The first kappa shape index (κ1) is 13.3. The summed E-state index contributed by atoms with van der Waals surface area (Å²) >= 11 is 0. The molecule has 0 saturated carbocycles. The van der Waals surface area contributed by atoms with Crippen molar-refractivity contribution in [2.24, 2.45) is 0 Å². The minimum atomic E-state index is -0.644. The Balaban J connectivity index is 0.00000120. The summed E-state index contributed by atoms with van der Waals surface area (Å²) in [5.74, 6) is 0. The SMILES string of the molecule is Cl.OC1(c2ccc3ccccc3c2)CCNCC1. The molecule has 0 radical (unpaired) electrons. The van der Waals surface area contributed by atoms with Crippen molar-refractivity contribution in [1.82, 2.24) is 5.32 Å². The molecule has 0 atom stereocenters. The van der Waals surface area contributed by atoms with E-state index >= 15 is 0 Å². The molecule has 1 fully saturated rings. The Hall–Kier alpha value is -1.09. The second-order valence-electron chi connectivity index (χ2n) is 4.84. The van der Waals surface area contributed by atoms with E-state index in [2.05, 4.69) is 35.6 Å². The van der Waals surface area contributed by atoms with Crippen molar-refractivity contribution < 1.29 is 5.11 Å². The summed E-state index contributed by atoms with van der Waals surface area (Å²) < 4.78 is 0. The molecule has 0 aliphatic carbocycles.